The largest absolute Gasteiger partial charge is 0.467 e. The van der Waals surface area contributed by atoms with Crippen LogP contribution in [0.5, 0.6) is 0 Å². The normalized spacial score (nSPS) is 32.2. The van der Waals surface area contributed by atoms with Gasteiger partial charge in [-0.2, -0.15) is 0 Å². The Kier molecular flexibility index (Phi) is 2.69. The van der Waals surface area contributed by atoms with Crippen LogP contribution in [0.25, 0.3) is 0 Å². The van der Waals surface area contributed by atoms with Crippen molar-refractivity contribution >= 4 is 23.2 Å². The van der Waals surface area contributed by atoms with Crippen LogP contribution in [-0.4, -0.2) is 48.1 Å². The number of nitrogens with zero attached hydrogens (tertiary/aromatic N) is 1. The van der Waals surface area contributed by atoms with Gasteiger partial charge in [0.2, 0.25) is 0 Å². The smallest absolute Gasteiger partial charge is 0.329 e. The summed E-state index contributed by atoms with van der Waals surface area (Å²) in [6, 6.07) is 0.0119. The highest BCUT2D eigenvalue weighted by Crippen LogP contribution is 2.23. The van der Waals surface area contributed by atoms with Crippen LogP contribution in [0, 0.1) is 0 Å². The summed E-state index contributed by atoms with van der Waals surface area (Å²) in [5, 5.41) is 3.05. The van der Waals surface area contributed by atoms with Gasteiger partial charge in [0.1, 0.15) is 6.04 Å². The Labute approximate surface area is 88.6 Å². The van der Waals surface area contributed by atoms with Gasteiger partial charge in [-0.25, -0.2) is 4.79 Å². The first-order valence-corrected chi connectivity index (χ1v) is 5.24. The molecular formula is C9H14N2O2S. The number of carbonyl (C=O) groups is 1. The van der Waals surface area contributed by atoms with Gasteiger partial charge in [0.15, 0.2) is 0 Å². The minimum Gasteiger partial charge on any atom is -0.467 e. The predicted octanol–water partition coefficient (Wildman–Crippen LogP) is -0.0770. The van der Waals surface area contributed by atoms with Crippen molar-refractivity contribution in [3.8, 4) is 0 Å². The molecule has 2 rings (SSSR count). The second-order valence-electron chi connectivity index (χ2n) is 3.75. The lowest BCUT2D eigenvalue weighted by Gasteiger charge is -2.36. The van der Waals surface area contributed by atoms with Crippen molar-refractivity contribution in [2.45, 2.75) is 24.9 Å². The summed E-state index contributed by atoms with van der Waals surface area (Å²) < 4.78 is 4.76. The van der Waals surface area contributed by atoms with E-state index in [9.17, 15) is 4.79 Å². The number of ether oxygens (including phenoxy) is 1. The van der Waals surface area contributed by atoms with E-state index in [0.717, 1.165) is 30.9 Å². The van der Waals surface area contributed by atoms with Gasteiger partial charge in [0, 0.05) is 12.6 Å². The first kappa shape index (κ1) is 9.86. The van der Waals surface area contributed by atoms with E-state index in [1.165, 1.54) is 7.11 Å². The van der Waals surface area contributed by atoms with Gasteiger partial charge in [0.05, 0.1) is 12.1 Å². The third kappa shape index (κ3) is 1.62. The molecular weight excluding hydrogens is 200 g/mol. The molecule has 2 fully saturated rings. The summed E-state index contributed by atoms with van der Waals surface area (Å²) in [5.41, 5.74) is 0. The van der Waals surface area contributed by atoms with Crippen molar-refractivity contribution in [1.29, 1.82) is 0 Å². The summed E-state index contributed by atoms with van der Waals surface area (Å²) in [4.78, 5) is 14.5. The Morgan fingerprint density at radius 2 is 2.50 bits per heavy atom. The molecule has 1 N–H and O–H groups in total. The zero-order valence-corrected chi connectivity index (χ0v) is 8.97. The molecule has 0 saturated carbocycles. The molecule has 0 aromatic carbocycles. The molecule has 0 aliphatic carbocycles. The van der Waals surface area contributed by atoms with E-state index < -0.39 is 0 Å². The summed E-state index contributed by atoms with van der Waals surface area (Å²) >= 11 is 5.11. The molecule has 2 aliphatic heterocycles. The van der Waals surface area contributed by atoms with Gasteiger partial charge >= 0.3 is 5.97 Å². The molecule has 0 bridgehead atoms. The molecule has 2 heterocycles. The molecule has 2 saturated heterocycles. The fourth-order valence-corrected chi connectivity index (χ4v) is 2.56. The van der Waals surface area contributed by atoms with E-state index in [-0.39, 0.29) is 18.1 Å². The Morgan fingerprint density at radius 1 is 1.71 bits per heavy atom. The minimum atomic E-state index is -0.260. The molecule has 0 unspecified atom stereocenters. The number of fused-ring (bicyclic) bond motifs is 1. The maximum Gasteiger partial charge on any atom is 0.329 e. The number of carbonyl (C=O) groups excluding carboxylic acids is 1. The van der Waals surface area contributed by atoms with Gasteiger partial charge in [-0.3, -0.25) is 4.90 Å². The molecule has 0 aromatic rings. The lowest BCUT2D eigenvalue weighted by molar-refractivity contribution is -0.144. The average Bonchev–Trinajstić information content (AvgIpc) is 2.62. The molecule has 2 atom stereocenters. The monoisotopic (exact) mass is 214 g/mol. The molecule has 78 valence electrons. The Hall–Kier alpha value is -0.680. The molecule has 5 heteroatoms. The van der Waals surface area contributed by atoms with Crippen LogP contribution >= 0.6 is 12.2 Å². The van der Waals surface area contributed by atoms with E-state index in [4.69, 9.17) is 17.0 Å². The number of esters is 1. The van der Waals surface area contributed by atoms with Crippen molar-refractivity contribution < 1.29 is 9.53 Å². The maximum atomic E-state index is 11.5. The lowest BCUT2D eigenvalue weighted by Crippen LogP contribution is -2.60. The quantitative estimate of drug-likeness (QED) is 0.488. The number of rotatable bonds is 1. The van der Waals surface area contributed by atoms with Crippen LogP contribution in [0.1, 0.15) is 12.8 Å². The highest BCUT2D eigenvalue weighted by molar-refractivity contribution is 7.80. The molecule has 0 aromatic heterocycles. The maximum absolute atomic E-state index is 11.5. The predicted molar refractivity (Wildman–Crippen MR) is 56.1 cm³/mol. The zero-order chi connectivity index (χ0) is 10.1. The highest BCUT2D eigenvalue weighted by Gasteiger charge is 2.40. The molecule has 2 aliphatic rings. The minimum absolute atomic E-state index is 0.205. The third-order valence-electron chi connectivity index (χ3n) is 2.92. The van der Waals surface area contributed by atoms with Crippen LogP contribution in [0.3, 0.4) is 0 Å². The van der Waals surface area contributed by atoms with Crippen LogP contribution in [0.15, 0.2) is 0 Å². The van der Waals surface area contributed by atoms with E-state index >= 15 is 0 Å². The van der Waals surface area contributed by atoms with Crippen molar-refractivity contribution in [3.05, 3.63) is 0 Å². The summed E-state index contributed by atoms with van der Waals surface area (Å²) in [6.45, 7) is 1.83. The molecule has 0 radical (unpaired) electrons. The first-order chi connectivity index (χ1) is 6.72. The summed E-state index contributed by atoms with van der Waals surface area (Å²) in [7, 11) is 1.42. The fraction of sp³-hybridized carbons (Fsp3) is 0.778. The number of nitrogens with one attached hydrogen (secondary N) is 1. The Balaban J connectivity index is 2.13. The van der Waals surface area contributed by atoms with Crippen molar-refractivity contribution in [2.75, 3.05) is 20.2 Å². The summed E-state index contributed by atoms with van der Waals surface area (Å²) in [5.74, 6) is -0.205. The van der Waals surface area contributed by atoms with Crippen molar-refractivity contribution in [3.63, 3.8) is 0 Å². The number of hydrogen-bond donors (Lipinski definition) is 1. The highest BCUT2D eigenvalue weighted by atomic mass is 32.1. The van der Waals surface area contributed by atoms with Gasteiger partial charge in [-0.1, -0.05) is 12.2 Å². The standard InChI is InChI=1S/C9H14N2O2S/c1-13-9(12)8-6-3-2-4-11(6)5-7(14)10-8/h6,8H,2-5H2,1H3,(H,10,14)/t6-,8-/m0/s1. The van der Waals surface area contributed by atoms with Crippen LogP contribution < -0.4 is 5.32 Å². The van der Waals surface area contributed by atoms with E-state index in [0.29, 0.717) is 0 Å². The number of piperazine rings is 1. The Morgan fingerprint density at radius 3 is 3.21 bits per heavy atom. The van der Waals surface area contributed by atoms with E-state index in [1.54, 1.807) is 0 Å². The fourth-order valence-electron chi connectivity index (χ4n) is 2.27. The van der Waals surface area contributed by atoms with Gasteiger partial charge in [-0.15, -0.1) is 0 Å². The second kappa shape index (κ2) is 3.82. The summed E-state index contributed by atoms with van der Waals surface area (Å²) in [6.07, 6.45) is 2.19. The lowest BCUT2D eigenvalue weighted by atomic mass is 10.0. The van der Waals surface area contributed by atoms with Gasteiger partial charge in [-0.05, 0) is 19.4 Å². The molecule has 4 nitrogen and oxygen atoms in total. The van der Waals surface area contributed by atoms with Crippen molar-refractivity contribution in [2.24, 2.45) is 0 Å². The molecule has 0 spiro atoms. The van der Waals surface area contributed by atoms with Gasteiger partial charge in [0.25, 0.3) is 0 Å². The third-order valence-corrected chi connectivity index (χ3v) is 3.16. The molecule has 0 amide bonds. The van der Waals surface area contributed by atoms with Gasteiger partial charge < -0.3 is 10.1 Å². The van der Waals surface area contributed by atoms with E-state index in [2.05, 4.69) is 10.2 Å². The van der Waals surface area contributed by atoms with Crippen molar-refractivity contribution in [1.82, 2.24) is 10.2 Å². The Bertz CT molecular complexity index is 270. The first-order valence-electron chi connectivity index (χ1n) is 4.83. The number of thiocarbonyl (C=S) groups is 1. The topological polar surface area (TPSA) is 41.6 Å². The van der Waals surface area contributed by atoms with Crippen LogP contribution in [0.4, 0.5) is 0 Å². The number of hydrogen-bond acceptors (Lipinski definition) is 4. The van der Waals surface area contributed by atoms with Crippen LogP contribution in [0.2, 0.25) is 0 Å². The van der Waals surface area contributed by atoms with E-state index in [1.807, 2.05) is 0 Å². The zero-order valence-electron chi connectivity index (χ0n) is 8.16. The SMILES string of the molecule is COC(=O)[C@H]1NC(=S)CN2CCC[C@@H]12. The average molecular weight is 214 g/mol. The molecule has 14 heavy (non-hydrogen) atoms. The number of methoxy groups -OCH3 is 1. The second-order valence-corrected chi connectivity index (χ2v) is 4.24. The van der Waals surface area contributed by atoms with Crippen LogP contribution in [-0.2, 0) is 9.53 Å².